The van der Waals surface area contributed by atoms with Crippen LogP contribution in [0, 0.1) is 5.82 Å². The molecular weight excluding hydrogens is 311 g/mol. The summed E-state index contributed by atoms with van der Waals surface area (Å²) in [7, 11) is 1.45. The number of rotatable bonds is 5. The molecule has 0 unspecified atom stereocenters. The minimum Gasteiger partial charge on any atom is -0.494 e. The van der Waals surface area contributed by atoms with Crippen LogP contribution in [0.4, 0.5) is 10.1 Å². The lowest BCUT2D eigenvalue weighted by Gasteiger charge is -2.19. The summed E-state index contributed by atoms with van der Waals surface area (Å²) in [5, 5.41) is 6.88. The molecule has 0 amide bonds. The number of ether oxygens (including phenoxy) is 1. The number of benzene rings is 2. The summed E-state index contributed by atoms with van der Waals surface area (Å²) in [6.07, 6.45) is 0.922. The molecule has 0 fully saturated rings. The lowest BCUT2D eigenvalue weighted by Crippen LogP contribution is -2.31. The molecule has 0 aliphatic heterocycles. The molecule has 0 saturated heterocycles. The van der Waals surface area contributed by atoms with Gasteiger partial charge in [-0.05, 0) is 54.9 Å². The maximum Gasteiger partial charge on any atom is 0.171 e. The Bertz CT molecular complexity index is 690. The predicted molar refractivity (Wildman–Crippen MR) is 96.5 cm³/mol. The number of methoxy groups -OCH3 is 1. The van der Waals surface area contributed by atoms with Gasteiger partial charge in [0.1, 0.15) is 0 Å². The topological polar surface area (TPSA) is 33.3 Å². The van der Waals surface area contributed by atoms with Crippen LogP contribution in [0.25, 0.3) is 0 Å². The smallest absolute Gasteiger partial charge is 0.171 e. The third kappa shape index (κ3) is 4.42. The van der Waals surface area contributed by atoms with Gasteiger partial charge in [-0.2, -0.15) is 0 Å². The van der Waals surface area contributed by atoms with Crippen LogP contribution in [0.15, 0.2) is 42.5 Å². The van der Waals surface area contributed by atoms with Gasteiger partial charge < -0.3 is 15.4 Å². The fourth-order valence-electron chi connectivity index (χ4n) is 2.34. The highest BCUT2D eigenvalue weighted by Gasteiger charge is 2.11. The van der Waals surface area contributed by atoms with E-state index in [-0.39, 0.29) is 17.6 Å². The Kier molecular flexibility index (Phi) is 5.93. The molecule has 0 aliphatic rings. The van der Waals surface area contributed by atoms with Crippen LogP contribution in [0.1, 0.15) is 31.0 Å². The molecule has 0 aromatic heterocycles. The molecule has 2 rings (SSSR count). The van der Waals surface area contributed by atoms with Gasteiger partial charge >= 0.3 is 0 Å². The predicted octanol–water partition coefficient (Wildman–Crippen LogP) is 4.44. The largest absolute Gasteiger partial charge is 0.494 e. The molecule has 0 saturated carbocycles. The van der Waals surface area contributed by atoms with Crippen molar-refractivity contribution < 1.29 is 9.13 Å². The highest BCUT2D eigenvalue weighted by atomic mass is 32.1. The zero-order valence-electron chi connectivity index (χ0n) is 13.5. The second-order valence-corrected chi connectivity index (χ2v) is 5.63. The summed E-state index contributed by atoms with van der Waals surface area (Å²) in [6.45, 7) is 4.03. The number of hydrogen-bond acceptors (Lipinski definition) is 2. The standard InChI is InChI=1S/C18H21FN2OS/c1-4-13-7-5-6-8-16(13)21-18(23)20-12(2)14-9-10-17(22-3)15(19)11-14/h5-12H,4H2,1-3H3,(H2,20,21,23)/t12-/m0/s1. The van der Waals surface area contributed by atoms with E-state index >= 15 is 0 Å². The van der Waals surface area contributed by atoms with Crippen molar-refractivity contribution in [2.24, 2.45) is 0 Å². The number of anilines is 1. The first-order valence-corrected chi connectivity index (χ1v) is 7.94. The van der Waals surface area contributed by atoms with Crippen LogP contribution >= 0.6 is 12.2 Å². The summed E-state index contributed by atoms with van der Waals surface area (Å²) in [6, 6.07) is 12.8. The summed E-state index contributed by atoms with van der Waals surface area (Å²) in [4.78, 5) is 0. The molecule has 5 heteroatoms. The van der Waals surface area contributed by atoms with Gasteiger partial charge in [0.2, 0.25) is 0 Å². The summed E-state index contributed by atoms with van der Waals surface area (Å²) >= 11 is 5.36. The van der Waals surface area contributed by atoms with Crippen LogP contribution in [0.3, 0.4) is 0 Å². The molecule has 2 N–H and O–H groups in total. The van der Waals surface area contributed by atoms with Crippen molar-refractivity contribution in [3.05, 3.63) is 59.4 Å². The summed E-state index contributed by atoms with van der Waals surface area (Å²) < 4.78 is 18.7. The van der Waals surface area contributed by atoms with E-state index in [1.54, 1.807) is 6.07 Å². The maximum absolute atomic E-state index is 13.8. The molecule has 23 heavy (non-hydrogen) atoms. The highest BCUT2D eigenvalue weighted by Crippen LogP contribution is 2.22. The number of para-hydroxylation sites is 1. The van der Waals surface area contributed by atoms with Crippen LogP contribution in [0.5, 0.6) is 5.75 Å². The Hall–Kier alpha value is -2.14. The molecular formula is C18H21FN2OS. The Morgan fingerprint density at radius 3 is 2.65 bits per heavy atom. The fraction of sp³-hybridized carbons (Fsp3) is 0.278. The van der Waals surface area contributed by atoms with Gasteiger partial charge in [0.15, 0.2) is 16.7 Å². The number of halogens is 1. The second-order valence-electron chi connectivity index (χ2n) is 5.22. The minimum absolute atomic E-state index is 0.121. The Morgan fingerprint density at radius 1 is 1.26 bits per heavy atom. The van der Waals surface area contributed by atoms with Gasteiger partial charge in [0, 0.05) is 5.69 Å². The lowest BCUT2D eigenvalue weighted by atomic mass is 10.1. The van der Waals surface area contributed by atoms with Gasteiger partial charge in [0.05, 0.1) is 13.2 Å². The van der Waals surface area contributed by atoms with Gasteiger partial charge in [-0.15, -0.1) is 0 Å². The SMILES string of the molecule is CCc1ccccc1NC(=S)N[C@@H](C)c1ccc(OC)c(F)c1. The van der Waals surface area contributed by atoms with Crippen molar-refractivity contribution >= 4 is 23.0 Å². The van der Waals surface area contributed by atoms with E-state index in [2.05, 4.69) is 23.6 Å². The Morgan fingerprint density at radius 2 is 2.00 bits per heavy atom. The average Bonchev–Trinajstić information content (AvgIpc) is 2.55. The van der Waals surface area contributed by atoms with E-state index < -0.39 is 0 Å². The molecule has 2 aromatic rings. The minimum atomic E-state index is -0.381. The van der Waals surface area contributed by atoms with Gasteiger partial charge in [0.25, 0.3) is 0 Å². The lowest BCUT2D eigenvalue weighted by molar-refractivity contribution is 0.386. The maximum atomic E-state index is 13.8. The molecule has 0 aliphatic carbocycles. The summed E-state index contributed by atoms with van der Waals surface area (Å²) in [5.74, 6) is -0.146. The van der Waals surface area contributed by atoms with Gasteiger partial charge in [-0.3, -0.25) is 0 Å². The molecule has 3 nitrogen and oxygen atoms in total. The molecule has 0 heterocycles. The first-order chi connectivity index (χ1) is 11.0. The first-order valence-electron chi connectivity index (χ1n) is 7.54. The van der Waals surface area contributed by atoms with Crippen LogP contribution in [-0.4, -0.2) is 12.2 Å². The van der Waals surface area contributed by atoms with Gasteiger partial charge in [-0.1, -0.05) is 31.2 Å². The van der Waals surface area contributed by atoms with Crippen molar-refractivity contribution in [1.29, 1.82) is 0 Å². The average molecular weight is 332 g/mol. The Balaban J connectivity index is 2.03. The zero-order valence-corrected chi connectivity index (χ0v) is 14.3. The van der Waals surface area contributed by atoms with Crippen molar-refractivity contribution in [3.8, 4) is 5.75 Å². The second kappa shape index (κ2) is 7.92. The Labute approximate surface area is 141 Å². The quantitative estimate of drug-likeness (QED) is 0.793. The van der Waals surface area contributed by atoms with E-state index in [1.165, 1.54) is 18.7 Å². The molecule has 0 spiro atoms. The van der Waals surface area contributed by atoms with E-state index in [1.807, 2.05) is 31.2 Å². The summed E-state index contributed by atoms with van der Waals surface area (Å²) in [5.41, 5.74) is 2.98. The van der Waals surface area contributed by atoms with E-state index in [0.29, 0.717) is 5.11 Å². The first kappa shape index (κ1) is 17.2. The van der Waals surface area contributed by atoms with E-state index in [9.17, 15) is 4.39 Å². The molecule has 122 valence electrons. The van der Waals surface area contributed by atoms with Crippen molar-refractivity contribution in [2.75, 3.05) is 12.4 Å². The normalized spacial score (nSPS) is 11.7. The van der Waals surface area contributed by atoms with Crippen LogP contribution < -0.4 is 15.4 Å². The van der Waals surface area contributed by atoms with Crippen LogP contribution in [-0.2, 0) is 6.42 Å². The van der Waals surface area contributed by atoms with Crippen molar-refractivity contribution in [3.63, 3.8) is 0 Å². The zero-order chi connectivity index (χ0) is 16.8. The number of thiocarbonyl (C=S) groups is 1. The monoisotopic (exact) mass is 332 g/mol. The molecule has 0 bridgehead atoms. The van der Waals surface area contributed by atoms with Crippen molar-refractivity contribution in [2.45, 2.75) is 26.3 Å². The molecule has 2 aromatic carbocycles. The van der Waals surface area contributed by atoms with Crippen molar-refractivity contribution in [1.82, 2.24) is 5.32 Å². The molecule has 1 atom stereocenters. The fourth-order valence-corrected chi connectivity index (χ4v) is 2.63. The number of hydrogen-bond donors (Lipinski definition) is 2. The number of nitrogens with one attached hydrogen (secondary N) is 2. The third-order valence-electron chi connectivity index (χ3n) is 3.67. The van der Waals surface area contributed by atoms with E-state index in [4.69, 9.17) is 17.0 Å². The van der Waals surface area contributed by atoms with Crippen LogP contribution in [0.2, 0.25) is 0 Å². The van der Waals surface area contributed by atoms with Gasteiger partial charge in [-0.25, -0.2) is 4.39 Å². The molecule has 0 radical (unpaired) electrons. The highest BCUT2D eigenvalue weighted by molar-refractivity contribution is 7.80. The number of aryl methyl sites for hydroxylation is 1. The third-order valence-corrected chi connectivity index (χ3v) is 3.89. The van der Waals surface area contributed by atoms with E-state index in [0.717, 1.165) is 17.7 Å².